The van der Waals surface area contributed by atoms with Gasteiger partial charge in [0, 0.05) is 0 Å². The van der Waals surface area contributed by atoms with Gasteiger partial charge in [0.15, 0.2) is 16.6 Å². The van der Waals surface area contributed by atoms with Gasteiger partial charge in [-0.1, -0.05) is 30.3 Å². The van der Waals surface area contributed by atoms with E-state index < -0.39 is 11.9 Å². The van der Waals surface area contributed by atoms with Crippen LogP contribution in [-0.4, -0.2) is 25.0 Å². The zero-order valence-corrected chi connectivity index (χ0v) is 15.0. The van der Waals surface area contributed by atoms with Crippen LogP contribution in [0.1, 0.15) is 11.3 Å². The molecular formula is C18H12F3N5OS. The van der Waals surface area contributed by atoms with Crippen molar-refractivity contribution in [3.63, 3.8) is 0 Å². The van der Waals surface area contributed by atoms with Crippen LogP contribution in [0.2, 0.25) is 0 Å². The van der Waals surface area contributed by atoms with E-state index in [1.54, 1.807) is 12.1 Å². The fourth-order valence-electron chi connectivity index (χ4n) is 2.48. The summed E-state index contributed by atoms with van der Waals surface area (Å²) in [5, 5.41) is 16.0. The quantitative estimate of drug-likeness (QED) is 0.487. The third-order valence-corrected chi connectivity index (χ3v) is 4.68. The molecule has 0 unspecified atom stereocenters. The lowest BCUT2D eigenvalue weighted by molar-refractivity contribution is -0.141. The normalized spacial score (nSPS) is 11.7. The second-order valence-corrected chi connectivity index (χ2v) is 6.70. The number of nitrogens with zero attached hydrogens (tertiary/aromatic N) is 5. The summed E-state index contributed by atoms with van der Waals surface area (Å²) in [5.41, 5.74) is -0.0330. The second kappa shape index (κ2) is 7.47. The monoisotopic (exact) mass is 403 g/mol. The largest absolute Gasteiger partial charge is 0.461 e. The molecule has 1 aromatic carbocycles. The Balaban J connectivity index is 1.67. The topological polar surface area (TPSA) is 69.6 Å². The van der Waals surface area contributed by atoms with Gasteiger partial charge in [0.25, 0.3) is 0 Å². The summed E-state index contributed by atoms with van der Waals surface area (Å²) < 4.78 is 45.2. The van der Waals surface area contributed by atoms with Crippen LogP contribution >= 0.6 is 11.8 Å². The number of rotatable bonds is 5. The molecule has 6 nitrogen and oxygen atoms in total. The van der Waals surface area contributed by atoms with Crippen LogP contribution in [0.3, 0.4) is 0 Å². The second-order valence-electron chi connectivity index (χ2n) is 5.71. The first kappa shape index (κ1) is 18.2. The summed E-state index contributed by atoms with van der Waals surface area (Å²) in [4.78, 5) is 0. The van der Waals surface area contributed by atoms with Crippen molar-refractivity contribution >= 4 is 11.8 Å². The third-order valence-electron chi connectivity index (χ3n) is 3.77. The molecule has 0 saturated heterocycles. The van der Waals surface area contributed by atoms with E-state index in [0.29, 0.717) is 23.3 Å². The molecule has 0 radical (unpaired) electrons. The van der Waals surface area contributed by atoms with Crippen molar-refractivity contribution in [2.24, 2.45) is 0 Å². The van der Waals surface area contributed by atoms with E-state index in [2.05, 4.69) is 20.4 Å². The highest BCUT2D eigenvalue weighted by atomic mass is 32.2. The van der Waals surface area contributed by atoms with Crippen LogP contribution in [0, 0.1) is 0 Å². The van der Waals surface area contributed by atoms with Gasteiger partial charge in [-0.05, 0) is 41.6 Å². The number of hydrogen-bond donors (Lipinski definition) is 0. The lowest BCUT2D eigenvalue weighted by Gasteiger charge is -2.09. The lowest BCUT2D eigenvalue weighted by Crippen LogP contribution is -2.09. The van der Waals surface area contributed by atoms with Crippen LogP contribution in [0.4, 0.5) is 13.2 Å². The lowest BCUT2D eigenvalue weighted by atomic mass is 10.2. The molecule has 4 rings (SSSR count). The maximum atomic E-state index is 12.7. The van der Waals surface area contributed by atoms with Crippen molar-refractivity contribution in [1.82, 2.24) is 25.0 Å². The van der Waals surface area contributed by atoms with Gasteiger partial charge in [-0.15, -0.1) is 20.4 Å². The summed E-state index contributed by atoms with van der Waals surface area (Å²) in [7, 11) is 0. The summed E-state index contributed by atoms with van der Waals surface area (Å²) >= 11 is 1.08. The van der Waals surface area contributed by atoms with Gasteiger partial charge < -0.3 is 4.42 Å². The summed E-state index contributed by atoms with van der Waals surface area (Å²) in [6.07, 6.45) is -3.00. The van der Waals surface area contributed by atoms with Gasteiger partial charge in [0.05, 0.1) is 12.8 Å². The molecule has 0 spiro atoms. The standard InChI is InChI=1S/C18H12F3N5OS/c19-18(20,21)14-8-9-15(23-22-14)28-17-25-24-16(13-7-4-10-27-13)26(17)11-12-5-2-1-3-6-12/h1-10H,11H2. The number of furan rings is 1. The number of alkyl halides is 3. The van der Waals surface area contributed by atoms with Crippen molar-refractivity contribution in [2.75, 3.05) is 0 Å². The van der Waals surface area contributed by atoms with E-state index in [0.717, 1.165) is 23.4 Å². The number of hydrogen-bond acceptors (Lipinski definition) is 6. The molecule has 0 saturated carbocycles. The highest BCUT2D eigenvalue weighted by molar-refractivity contribution is 7.99. The number of aromatic nitrogens is 5. The Morgan fingerprint density at radius 2 is 1.71 bits per heavy atom. The number of halogens is 3. The van der Waals surface area contributed by atoms with Crippen molar-refractivity contribution < 1.29 is 17.6 Å². The minimum Gasteiger partial charge on any atom is -0.461 e. The first-order chi connectivity index (χ1) is 13.5. The van der Waals surface area contributed by atoms with Gasteiger partial charge in [0.1, 0.15) is 5.03 Å². The number of benzene rings is 1. The van der Waals surface area contributed by atoms with Crippen LogP contribution in [0.5, 0.6) is 0 Å². The predicted molar refractivity (Wildman–Crippen MR) is 94.4 cm³/mol. The van der Waals surface area contributed by atoms with Crippen molar-refractivity contribution in [2.45, 2.75) is 22.9 Å². The average Bonchev–Trinajstić information content (AvgIpc) is 3.33. The summed E-state index contributed by atoms with van der Waals surface area (Å²) in [5.74, 6) is 1.05. The van der Waals surface area contributed by atoms with Gasteiger partial charge in [-0.2, -0.15) is 13.2 Å². The minimum atomic E-state index is -4.53. The van der Waals surface area contributed by atoms with E-state index in [4.69, 9.17) is 4.42 Å². The van der Waals surface area contributed by atoms with Crippen LogP contribution in [0.25, 0.3) is 11.6 Å². The molecule has 3 aromatic heterocycles. The third kappa shape index (κ3) is 3.91. The Labute approximate surface area is 161 Å². The molecule has 3 heterocycles. The van der Waals surface area contributed by atoms with Gasteiger partial charge in [-0.25, -0.2) is 0 Å². The average molecular weight is 403 g/mol. The molecule has 28 heavy (non-hydrogen) atoms. The van der Waals surface area contributed by atoms with Crippen LogP contribution in [0.15, 0.2) is 75.5 Å². The highest BCUT2D eigenvalue weighted by Crippen LogP contribution is 2.31. The first-order valence-electron chi connectivity index (χ1n) is 8.10. The Morgan fingerprint density at radius 3 is 2.36 bits per heavy atom. The first-order valence-corrected chi connectivity index (χ1v) is 8.92. The van der Waals surface area contributed by atoms with Crippen LogP contribution in [-0.2, 0) is 12.7 Å². The Hall–Kier alpha value is -3.14. The molecule has 142 valence electrons. The molecule has 0 N–H and O–H groups in total. The Kier molecular flexibility index (Phi) is 4.86. The highest BCUT2D eigenvalue weighted by Gasteiger charge is 2.33. The smallest absolute Gasteiger partial charge is 0.435 e. The molecule has 0 aliphatic carbocycles. The van der Waals surface area contributed by atoms with Crippen LogP contribution < -0.4 is 0 Å². The SMILES string of the molecule is FC(F)(F)c1ccc(Sc2nnc(-c3ccco3)n2Cc2ccccc2)nn1. The van der Waals surface area contributed by atoms with E-state index in [1.165, 1.54) is 12.3 Å². The molecule has 0 aliphatic rings. The van der Waals surface area contributed by atoms with Crippen molar-refractivity contribution in [3.8, 4) is 11.6 Å². The molecule has 10 heteroatoms. The van der Waals surface area contributed by atoms with E-state index in [9.17, 15) is 13.2 Å². The van der Waals surface area contributed by atoms with Gasteiger partial charge in [0.2, 0.25) is 5.82 Å². The fraction of sp³-hybridized carbons (Fsp3) is 0.111. The molecule has 0 atom stereocenters. The summed E-state index contributed by atoms with van der Waals surface area (Å²) in [6, 6.07) is 15.3. The Bertz CT molecular complexity index is 1050. The fourth-order valence-corrected chi connectivity index (χ4v) is 3.23. The zero-order valence-electron chi connectivity index (χ0n) is 14.2. The maximum Gasteiger partial charge on any atom is 0.435 e. The molecule has 0 amide bonds. The Morgan fingerprint density at radius 1 is 0.893 bits per heavy atom. The van der Waals surface area contributed by atoms with Gasteiger partial charge in [-0.3, -0.25) is 4.57 Å². The van der Waals surface area contributed by atoms with E-state index in [1.807, 2.05) is 34.9 Å². The maximum absolute atomic E-state index is 12.7. The molecule has 4 aromatic rings. The van der Waals surface area contributed by atoms with Crippen molar-refractivity contribution in [3.05, 3.63) is 72.1 Å². The minimum absolute atomic E-state index is 0.278. The van der Waals surface area contributed by atoms with E-state index >= 15 is 0 Å². The zero-order chi connectivity index (χ0) is 19.6. The molecule has 0 bridgehead atoms. The predicted octanol–water partition coefficient (Wildman–Crippen LogP) is 4.55. The van der Waals surface area contributed by atoms with Crippen molar-refractivity contribution in [1.29, 1.82) is 0 Å². The molecule has 0 aliphatic heterocycles. The molecule has 0 fully saturated rings. The van der Waals surface area contributed by atoms with E-state index in [-0.39, 0.29) is 5.03 Å². The van der Waals surface area contributed by atoms with Gasteiger partial charge >= 0.3 is 6.18 Å². The molecular weight excluding hydrogens is 391 g/mol. The summed E-state index contributed by atoms with van der Waals surface area (Å²) in [6.45, 7) is 0.459.